The number of halogens is 1. The number of benzene rings is 2. The van der Waals surface area contributed by atoms with Gasteiger partial charge in [0.1, 0.15) is 5.56 Å². The molecule has 0 radical (unpaired) electrons. The molecule has 0 saturated heterocycles. The van der Waals surface area contributed by atoms with Crippen molar-refractivity contribution in [1.82, 2.24) is 5.32 Å². The molecule has 26 heavy (non-hydrogen) atoms. The van der Waals surface area contributed by atoms with E-state index in [0.29, 0.717) is 11.4 Å². The molecule has 0 aromatic heterocycles. The SMILES string of the molecule is O=C(Nc1ccc(NC(=O)c2ccc(Cl)cc2[N+](=O)[O-])cc1)NC1CC1. The third kappa shape index (κ3) is 4.48. The molecule has 9 heteroatoms. The summed E-state index contributed by atoms with van der Waals surface area (Å²) in [5.41, 5.74) is 0.543. The molecule has 1 aliphatic rings. The highest BCUT2D eigenvalue weighted by Crippen LogP contribution is 2.24. The molecule has 134 valence electrons. The average molecular weight is 375 g/mol. The number of rotatable bonds is 5. The lowest BCUT2D eigenvalue weighted by Gasteiger charge is -2.09. The third-order valence-electron chi connectivity index (χ3n) is 3.71. The summed E-state index contributed by atoms with van der Waals surface area (Å²) < 4.78 is 0. The van der Waals surface area contributed by atoms with E-state index in [2.05, 4.69) is 16.0 Å². The molecule has 3 amide bonds. The van der Waals surface area contributed by atoms with E-state index in [4.69, 9.17) is 11.6 Å². The van der Waals surface area contributed by atoms with Gasteiger partial charge in [0.05, 0.1) is 4.92 Å². The summed E-state index contributed by atoms with van der Waals surface area (Å²) in [7, 11) is 0. The summed E-state index contributed by atoms with van der Waals surface area (Å²) in [5.74, 6) is -0.624. The number of carbonyl (C=O) groups is 2. The fraction of sp³-hybridized carbons (Fsp3) is 0.176. The van der Waals surface area contributed by atoms with Crippen LogP contribution in [-0.2, 0) is 0 Å². The van der Waals surface area contributed by atoms with Crippen LogP contribution in [0.5, 0.6) is 0 Å². The van der Waals surface area contributed by atoms with E-state index in [0.717, 1.165) is 18.9 Å². The molecule has 0 heterocycles. The zero-order valence-corrected chi connectivity index (χ0v) is 14.2. The van der Waals surface area contributed by atoms with Crippen molar-refractivity contribution in [3.05, 3.63) is 63.2 Å². The molecule has 8 nitrogen and oxygen atoms in total. The van der Waals surface area contributed by atoms with E-state index in [9.17, 15) is 19.7 Å². The van der Waals surface area contributed by atoms with Crippen molar-refractivity contribution < 1.29 is 14.5 Å². The van der Waals surface area contributed by atoms with Crippen LogP contribution in [0.1, 0.15) is 23.2 Å². The van der Waals surface area contributed by atoms with Gasteiger partial charge < -0.3 is 16.0 Å². The normalized spacial score (nSPS) is 13.0. The first-order valence-electron chi connectivity index (χ1n) is 7.85. The van der Waals surface area contributed by atoms with Crippen LogP contribution in [0.4, 0.5) is 21.9 Å². The predicted molar refractivity (Wildman–Crippen MR) is 97.7 cm³/mol. The topological polar surface area (TPSA) is 113 Å². The van der Waals surface area contributed by atoms with Crippen LogP contribution in [0.25, 0.3) is 0 Å². The first-order valence-corrected chi connectivity index (χ1v) is 8.23. The van der Waals surface area contributed by atoms with Gasteiger partial charge in [0.15, 0.2) is 0 Å². The first kappa shape index (κ1) is 17.7. The molecular formula is C17H15ClN4O4. The molecule has 2 aromatic carbocycles. The van der Waals surface area contributed by atoms with Crippen molar-refractivity contribution >= 4 is 40.6 Å². The van der Waals surface area contributed by atoms with Crippen LogP contribution in [0.3, 0.4) is 0 Å². The van der Waals surface area contributed by atoms with E-state index < -0.39 is 10.8 Å². The van der Waals surface area contributed by atoms with Gasteiger partial charge in [0.2, 0.25) is 0 Å². The Labute approximate surface area is 153 Å². The molecule has 1 saturated carbocycles. The lowest BCUT2D eigenvalue weighted by molar-refractivity contribution is -0.385. The number of nitro groups is 1. The average Bonchev–Trinajstić information content (AvgIpc) is 3.40. The minimum atomic E-state index is -0.660. The maximum absolute atomic E-state index is 12.3. The highest BCUT2D eigenvalue weighted by Gasteiger charge is 2.23. The predicted octanol–water partition coefficient (Wildman–Crippen LogP) is 3.78. The van der Waals surface area contributed by atoms with Crippen LogP contribution in [0.15, 0.2) is 42.5 Å². The van der Waals surface area contributed by atoms with Crippen molar-refractivity contribution in [1.29, 1.82) is 0 Å². The van der Waals surface area contributed by atoms with Crippen LogP contribution in [0.2, 0.25) is 5.02 Å². The number of nitrogens with zero attached hydrogens (tertiary/aromatic N) is 1. The Morgan fingerprint density at radius 2 is 1.65 bits per heavy atom. The Balaban J connectivity index is 1.66. The number of nitro benzene ring substituents is 1. The summed E-state index contributed by atoms with van der Waals surface area (Å²) >= 11 is 5.74. The Morgan fingerprint density at radius 3 is 2.23 bits per heavy atom. The van der Waals surface area contributed by atoms with Crippen molar-refractivity contribution in [2.24, 2.45) is 0 Å². The van der Waals surface area contributed by atoms with E-state index in [1.165, 1.54) is 12.1 Å². The maximum Gasteiger partial charge on any atom is 0.319 e. The number of hydrogen-bond donors (Lipinski definition) is 3. The fourth-order valence-corrected chi connectivity index (χ4v) is 2.43. The van der Waals surface area contributed by atoms with Crippen molar-refractivity contribution in [3.63, 3.8) is 0 Å². The summed E-state index contributed by atoms with van der Waals surface area (Å²) in [5, 5.41) is 19.3. The van der Waals surface area contributed by atoms with Crippen LogP contribution in [0, 0.1) is 10.1 Å². The molecule has 3 N–H and O–H groups in total. The van der Waals surface area contributed by atoms with Gasteiger partial charge in [-0.2, -0.15) is 0 Å². The molecule has 0 aliphatic heterocycles. The minimum Gasteiger partial charge on any atom is -0.335 e. The van der Waals surface area contributed by atoms with Gasteiger partial charge >= 0.3 is 6.03 Å². The summed E-state index contributed by atoms with van der Waals surface area (Å²) in [6, 6.07) is 10.2. The lowest BCUT2D eigenvalue weighted by atomic mass is 10.1. The Bertz CT molecular complexity index is 866. The summed E-state index contributed by atoms with van der Waals surface area (Å²) in [6.07, 6.45) is 1.99. The molecule has 2 aromatic rings. The Morgan fingerprint density at radius 1 is 1.04 bits per heavy atom. The van der Waals surface area contributed by atoms with E-state index in [1.807, 2.05) is 0 Å². The monoisotopic (exact) mass is 374 g/mol. The molecule has 1 fully saturated rings. The van der Waals surface area contributed by atoms with Crippen molar-refractivity contribution in [3.8, 4) is 0 Å². The summed E-state index contributed by atoms with van der Waals surface area (Å²) in [4.78, 5) is 34.4. The molecule has 0 unspecified atom stereocenters. The van der Waals surface area contributed by atoms with Gasteiger partial charge in [-0.15, -0.1) is 0 Å². The second kappa shape index (κ2) is 7.40. The van der Waals surface area contributed by atoms with Gasteiger partial charge in [-0.25, -0.2) is 4.79 Å². The van der Waals surface area contributed by atoms with Crippen LogP contribution in [-0.4, -0.2) is 22.9 Å². The number of hydrogen-bond acceptors (Lipinski definition) is 4. The van der Waals surface area contributed by atoms with Gasteiger partial charge in [-0.1, -0.05) is 11.6 Å². The number of nitrogens with one attached hydrogen (secondary N) is 3. The number of urea groups is 1. The molecule has 3 rings (SSSR count). The zero-order chi connectivity index (χ0) is 18.7. The minimum absolute atomic E-state index is 0.0922. The van der Waals surface area contributed by atoms with Gasteiger partial charge in [-0.05, 0) is 49.2 Å². The second-order valence-corrected chi connectivity index (χ2v) is 6.26. The third-order valence-corrected chi connectivity index (χ3v) is 3.95. The summed E-state index contributed by atoms with van der Waals surface area (Å²) in [6.45, 7) is 0. The van der Waals surface area contributed by atoms with Crippen molar-refractivity contribution in [2.75, 3.05) is 10.6 Å². The maximum atomic E-state index is 12.3. The highest BCUT2D eigenvalue weighted by atomic mass is 35.5. The molecule has 0 bridgehead atoms. The number of anilines is 2. The molecule has 0 atom stereocenters. The van der Waals surface area contributed by atoms with E-state index >= 15 is 0 Å². The molecular weight excluding hydrogens is 360 g/mol. The Hall–Kier alpha value is -3.13. The van der Waals surface area contributed by atoms with E-state index in [1.54, 1.807) is 24.3 Å². The molecule has 0 spiro atoms. The standard InChI is InChI=1S/C17H15ClN4O4/c18-10-1-8-14(15(9-10)22(25)26)16(23)19-11-2-4-12(5-3-11)20-17(24)21-13-6-7-13/h1-5,8-9,13H,6-7H2,(H,19,23)(H2,20,21,24). The number of amides is 3. The fourth-order valence-electron chi connectivity index (χ4n) is 2.26. The van der Waals surface area contributed by atoms with Gasteiger partial charge in [0, 0.05) is 28.5 Å². The van der Waals surface area contributed by atoms with Crippen LogP contribution >= 0.6 is 11.6 Å². The Kier molecular flexibility index (Phi) is 5.04. The first-order chi connectivity index (χ1) is 12.4. The van der Waals surface area contributed by atoms with Crippen molar-refractivity contribution in [2.45, 2.75) is 18.9 Å². The van der Waals surface area contributed by atoms with Crippen LogP contribution < -0.4 is 16.0 Å². The van der Waals surface area contributed by atoms with E-state index in [-0.39, 0.29) is 28.3 Å². The van der Waals surface area contributed by atoms with Gasteiger partial charge in [-0.3, -0.25) is 14.9 Å². The molecule has 1 aliphatic carbocycles. The highest BCUT2D eigenvalue weighted by molar-refractivity contribution is 6.31. The zero-order valence-electron chi connectivity index (χ0n) is 13.5. The number of carbonyl (C=O) groups excluding carboxylic acids is 2. The van der Waals surface area contributed by atoms with Gasteiger partial charge in [0.25, 0.3) is 11.6 Å². The second-order valence-electron chi connectivity index (χ2n) is 5.82. The quantitative estimate of drug-likeness (QED) is 0.545. The largest absolute Gasteiger partial charge is 0.335 e. The smallest absolute Gasteiger partial charge is 0.319 e. The lowest BCUT2D eigenvalue weighted by Crippen LogP contribution is -2.30.